The van der Waals surface area contributed by atoms with Gasteiger partial charge in [-0.3, -0.25) is 13.8 Å². The molecule has 43 heavy (non-hydrogen) atoms. The quantitative estimate of drug-likeness (QED) is 0.262. The Labute approximate surface area is 245 Å². The number of amides is 2. The summed E-state index contributed by atoms with van der Waals surface area (Å²) < 4.78 is 46.8. The molecule has 9 nitrogen and oxygen atoms in total. The molecule has 1 saturated heterocycles. The number of carbonyl (C=O) groups excluding carboxylic acids is 2. The first-order chi connectivity index (χ1) is 20.6. The molecule has 4 heterocycles. The number of halogens is 3. The van der Waals surface area contributed by atoms with Crippen molar-refractivity contribution in [3.8, 4) is 5.75 Å². The first-order valence-corrected chi connectivity index (χ1v) is 14.1. The third-order valence-corrected chi connectivity index (χ3v) is 8.45. The van der Waals surface area contributed by atoms with Gasteiger partial charge in [-0.15, -0.1) is 0 Å². The molecule has 1 aliphatic rings. The molecule has 3 unspecified atom stereocenters. The molecule has 2 aromatic carbocycles. The average molecular weight is 593 g/mol. The van der Waals surface area contributed by atoms with E-state index in [2.05, 4.69) is 9.97 Å². The highest BCUT2D eigenvalue weighted by molar-refractivity contribution is 5.94. The first-order valence-electron chi connectivity index (χ1n) is 14.1. The molecule has 0 aliphatic carbocycles. The van der Waals surface area contributed by atoms with Crippen LogP contribution in [0.4, 0.5) is 18.0 Å². The van der Waals surface area contributed by atoms with Gasteiger partial charge in [-0.05, 0) is 47.4 Å². The molecule has 6 rings (SSSR count). The van der Waals surface area contributed by atoms with E-state index in [1.54, 1.807) is 30.3 Å². The van der Waals surface area contributed by atoms with Gasteiger partial charge in [0, 0.05) is 37.1 Å². The van der Waals surface area contributed by atoms with Gasteiger partial charge >= 0.3 is 12.2 Å². The van der Waals surface area contributed by atoms with E-state index in [-0.39, 0.29) is 24.3 Å². The number of ether oxygens (including phenoxy) is 1. The summed E-state index contributed by atoms with van der Waals surface area (Å²) in [5.74, 6) is 0.0358. The van der Waals surface area contributed by atoms with Gasteiger partial charge in [-0.2, -0.15) is 13.2 Å². The molecule has 1 fully saturated rings. The number of alkyl halides is 3. The van der Waals surface area contributed by atoms with Crippen molar-refractivity contribution in [1.82, 2.24) is 29.2 Å². The number of benzene rings is 2. The van der Waals surface area contributed by atoms with Crippen LogP contribution in [0.1, 0.15) is 48.2 Å². The standard InChI is InChI=1S/C31H31F3N6O3/c1-4-19-15-38(30(42)37-17-31(32,33)34)16-24(19)26-13-35-27-14-36-28-25(40(26)27)9-10-39(28)29(41)18(2)20-5-6-22-12-23(43-3)8-7-21(22)11-20/h5-14,18-19,24H,4,15-17H2,1-3H3,(H,37,42). The normalized spacial score (nSPS) is 18.0. The fraction of sp³-hybridized carbons (Fsp3) is 0.355. The van der Waals surface area contributed by atoms with E-state index in [1.165, 1.54) is 4.90 Å². The summed E-state index contributed by atoms with van der Waals surface area (Å²) in [6.45, 7) is 3.07. The predicted octanol–water partition coefficient (Wildman–Crippen LogP) is 5.99. The smallest absolute Gasteiger partial charge is 0.405 e. The number of hydrogen-bond acceptors (Lipinski definition) is 5. The molecule has 1 aliphatic heterocycles. The third-order valence-electron chi connectivity index (χ3n) is 8.45. The van der Waals surface area contributed by atoms with Crippen LogP contribution >= 0.6 is 0 Å². The first kappa shape index (κ1) is 28.5. The zero-order valence-electron chi connectivity index (χ0n) is 23.9. The van der Waals surface area contributed by atoms with Crippen molar-refractivity contribution in [2.45, 2.75) is 38.3 Å². The van der Waals surface area contributed by atoms with Crippen LogP contribution in [0.5, 0.6) is 5.75 Å². The van der Waals surface area contributed by atoms with Gasteiger partial charge in [-0.1, -0.05) is 37.6 Å². The Morgan fingerprint density at radius 3 is 2.58 bits per heavy atom. The zero-order valence-corrected chi connectivity index (χ0v) is 23.9. The Morgan fingerprint density at radius 1 is 1.07 bits per heavy atom. The van der Waals surface area contributed by atoms with Gasteiger partial charge in [0.2, 0.25) is 5.91 Å². The minimum absolute atomic E-state index is 0.0244. The molecule has 5 aromatic rings. The molecule has 3 aromatic heterocycles. The van der Waals surface area contributed by atoms with Crippen molar-refractivity contribution in [1.29, 1.82) is 0 Å². The van der Waals surface area contributed by atoms with E-state index in [9.17, 15) is 22.8 Å². The van der Waals surface area contributed by atoms with Crippen LogP contribution in [0.25, 0.3) is 27.6 Å². The number of nitrogens with zero attached hydrogens (tertiary/aromatic N) is 5. The molecular weight excluding hydrogens is 561 g/mol. The van der Waals surface area contributed by atoms with Crippen LogP contribution in [0.3, 0.4) is 0 Å². The lowest BCUT2D eigenvalue weighted by molar-refractivity contribution is -0.123. The molecule has 224 valence electrons. The summed E-state index contributed by atoms with van der Waals surface area (Å²) in [5, 5.41) is 3.99. The van der Waals surface area contributed by atoms with E-state index in [0.717, 1.165) is 34.2 Å². The van der Waals surface area contributed by atoms with Crippen LogP contribution in [-0.4, -0.2) is 68.7 Å². The number of fused-ring (bicyclic) bond motifs is 4. The minimum Gasteiger partial charge on any atom is -0.497 e. The van der Waals surface area contributed by atoms with Crippen molar-refractivity contribution in [3.05, 3.63) is 72.3 Å². The highest BCUT2D eigenvalue weighted by Gasteiger charge is 2.38. The maximum absolute atomic E-state index is 13.8. The van der Waals surface area contributed by atoms with Gasteiger partial charge in [0.05, 0.1) is 24.7 Å². The summed E-state index contributed by atoms with van der Waals surface area (Å²) in [7, 11) is 1.62. The molecular formula is C31H31F3N6O3. The van der Waals surface area contributed by atoms with Crippen LogP contribution in [-0.2, 0) is 0 Å². The van der Waals surface area contributed by atoms with E-state index in [1.807, 2.05) is 66.0 Å². The number of aromatic nitrogens is 4. The van der Waals surface area contributed by atoms with Crippen molar-refractivity contribution >= 4 is 39.5 Å². The van der Waals surface area contributed by atoms with Gasteiger partial charge < -0.3 is 15.0 Å². The van der Waals surface area contributed by atoms with Crippen LogP contribution in [0.2, 0.25) is 0 Å². The largest absolute Gasteiger partial charge is 0.497 e. The number of carbonyl (C=O) groups is 2. The summed E-state index contributed by atoms with van der Waals surface area (Å²) in [6, 6.07) is 12.8. The number of hydrogen-bond donors (Lipinski definition) is 1. The second-order valence-electron chi connectivity index (χ2n) is 11.0. The monoisotopic (exact) mass is 592 g/mol. The number of imidazole rings is 1. The number of methoxy groups -OCH3 is 1. The highest BCUT2D eigenvalue weighted by Crippen LogP contribution is 2.36. The minimum atomic E-state index is -4.48. The van der Waals surface area contributed by atoms with Crippen molar-refractivity contribution < 1.29 is 27.5 Å². The van der Waals surface area contributed by atoms with Gasteiger partial charge in [0.15, 0.2) is 11.3 Å². The molecule has 0 radical (unpaired) electrons. The molecule has 0 saturated carbocycles. The maximum Gasteiger partial charge on any atom is 0.405 e. The maximum atomic E-state index is 13.8. The molecule has 2 amide bonds. The Hall–Kier alpha value is -4.61. The highest BCUT2D eigenvalue weighted by atomic mass is 19.4. The van der Waals surface area contributed by atoms with Gasteiger partial charge in [0.25, 0.3) is 0 Å². The third kappa shape index (κ3) is 5.26. The summed E-state index contributed by atoms with van der Waals surface area (Å²) in [5.41, 5.74) is 3.43. The van der Waals surface area contributed by atoms with Crippen molar-refractivity contribution in [3.63, 3.8) is 0 Å². The Balaban J connectivity index is 1.30. The fourth-order valence-electron chi connectivity index (χ4n) is 6.07. The Morgan fingerprint density at radius 2 is 1.84 bits per heavy atom. The average Bonchev–Trinajstić information content (AvgIpc) is 3.74. The number of rotatable bonds is 6. The molecule has 0 bridgehead atoms. The molecule has 0 spiro atoms. The molecule has 3 atom stereocenters. The summed E-state index contributed by atoms with van der Waals surface area (Å²) in [6.07, 6.45) is 1.28. The molecule has 1 N–H and O–H groups in total. The Kier molecular flexibility index (Phi) is 7.23. The van der Waals surface area contributed by atoms with Crippen LogP contribution < -0.4 is 10.1 Å². The van der Waals surface area contributed by atoms with Crippen molar-refractivity contribution in [2.24, 2.45) is 5.92 Å². The predicted molar refractivity (Wildman–Crippen MR) is 156 cm³/mol. The SMILES string of the molecule is CCC1CN(C(=O)NCC(F)(F)F)CC1c1cnc2cnc3c(ccn3C(=O)C(C)c3ccc4cc(OC)ccc4c3)n12. The fourth-order valence-corrected chi connectivity index (χ4v) is 6.07. The lowest BCUT2D eigenvalue weighted by atomic mass is 9.91. The number of nitrogens with one attached hydrogen (secondary N) is 1. The number of urea groups is 1. The second-order valence-corrected chi connectivity index (χ2v) is 11.0. The second kappa shape index (κ2) is 10.9. The van der Waals surface area contributed by atoms with E-state index >= 15 is 0 Å². The van der Waals surface area contributed by atoms with Crippen LogP contribution in [0.15, 0.2) is 61.1 Å². The van der Waals surface area contributed by atoms with Gasteiger partial charge in [-0.25, -0.2) is 14.8 Å². The lowest BCUT2D eigenvalue weighted by Gasteiger charge is -2.18. The summed E-state index contributed by atoms with van der Waals surface area (Å²) >= 11 is 0. The Bertz CT molecular complexity index is 1850. The summed E-state index contributed by atoms with van der Waals surface area (Å²) in [4.78, 5) is 36.8. The number of likely N-dealkylation sites (tertiary alicyclic amines) is 1. The van der Waals surface area contributed by atoms with E-state index < -0.39 is 24.7 Å². The topological polar surface area (TPSA) is 93.8 Å². The lowest BCUT2D eigenvalue weighted by Crippen LogP contribution is -2.42. The van der Waals surface area contributed by atoms with Crippen molar-refractivity contribution in [2.75, 3.05) is 26.7 Å². The molecule has 12 heteroatoms. The van der Waals surface area contributed by atoms with Crippen LogP contribution in [0, 0.1) is 5.92 Å². The van der Waals surface area contributed by atoms with E-state index in [4.69, 9.17) is 4.74 Å². The van der Waals surface area contributed by atoms with E-state index in [0.29, 0.717) is 23.4 Å². The van der Waals surface area contributed by atoms with Gasteiger partial charge in [0.1, 0.15) is 12.3 Å². The zero-order chi connectivity index (χ0) is 30.5.